The number of carbonyl (C=O) groups excluding carboxylic acids is 1. The molecule has 0 unspecified atom stereocenters. The van der Waals surface area contributed by atoms with Gasteiger partial charge in [-0.05, 0) is 38.5 Å². The summed E-state index contributed by atoms with van der Waals surface area (Å²) in [7, 11) is 1.83. The first kappa shape index (κ1) is 13.1. The van der Waals surface area contributed by atoms with E-state index < -0.39 is 0 Å². The van der Waals surface area contributed by atoms with Crippen LogP contribution >= 0.6 is 0 Å². The van der Waals surface area contributed by atoms with Crippen LogP contribution in [-0.2, 0) is 7.05 Å². The molecule has 0 atom stereocenters. The lowest BCUT2D eigenvalue weighted by atomic mass is 9.87. The Labute approximate surface area is 107 Å². The summed E-state index contributed by atoms with van der Waals surface area (Å²) in [4.78, 5) is 12.0. The zero-order valence-electron chi connectivity index (χ0n) is 11.0. The van der Waals surface area contributed by atoms with Crippen LogP contribution in [0.4, 0.5) is 0 Å². The maximum absolute atomic E-state index is 12.0. The number of hydrogen-bond acceptors (Lipinski definition) is 3. The molecule has 5 nitrogen and oxygen atoms in total. The number of aryl methyl sites for hydroxylation is 1. The SMILES string of the molecule is Cc1c(C(=O)NCC2CCC(O)CC2)cnn1C. The van der Waals surface area contributed by atoms with Crippen molar-refractivity contribution in [2.75, 3.05) is 6.54 Å². The zero-order chi connectivity index (χ0) is 13.1. The van der Waals surface area contributed by atoms with Crippen molar-refractivity contribution in [1.82, 2.24) is 15.1 Å². The van der Waals surface area contributed by atoms with E-state index in [1.807, 2.05) is 14.0 Å². The molecule has 100 valence electrons. The highest BCUT2D eigenvalue weighted by Crippen LogP contribution is 2.23. The average molecular weight is 251 g/mol. The van der Waals surface area contributed by atoms with E-state index in [1.165, 1.54) is 0 Å². The largest absolute Gasteiger partial charge is 0.393 e. The van der Waals surface area contributed by atoms with Gasteiger partial charge in [0.2, 0.25) is 0 Å². The van der Waals surface area contributed by atoms with Gasteiger partial charge in [-0.1, -0.05) is 0 Å². The Kier molecular flexibility index (Phi) is 4.01. The minimum absolute atomic E-state index is 0.0493. The Balaban J connectivity index is 1.83. The summed E-state index contributed by atoms with van der Waals surface area (Å²) >= 11 is 0. The van der Waals surface area contributed by atoms with E-state index in [0.717, 1.165) is 31.4 Å². The van der Waals surface area contributed by atoms with Gasteiger partial charge in [0.1, 0.15) is 0 Å². The van der Waals surface area contributed by atoms with Crippen LogP contribution in [-0.4, -0.2) is 33.4 Å². The molecule has 2 N–H and O–H groups in total. The number of aromatic nitrogens is 2. The number of nitrogens with one attached hydrogen (secondary N) is 1. The van der Waals surface area contributed by atoms with Crippen molar-refractivity contribution >= 4 is 5.91 Å². The van der Waals surface area contributed by atoms with Crippen LogP contribution in [0.1, 0.15) is 41.7 Å². The van der Waals surface area contributed by atoms with Gasteiger partial charge < -0.3 is 10.4 Å². The van der Waals surface area contributed by atoms with E-state index in [1.54, 1.807) is 10.9 Å². The fraction of sp³-hybridized carbons (Fsp3) is 0.692. The first-order valence-electron chi connectivity index (χ1n) is 6.52. The molecule has 1 aliphatic carbocycles. The molecule has 0 aromatic carbocycles. The third kappa shape index (κ3) is 2.90. The normalized spacial score (nSPS) is 23.9. The van der Waals surface area contributed by atoms with Crippen molar-refractivity contribution in [3.63, 3.8) is 0 Å². The first-order chi connectivity index (χ1) is 8.58. The van der Waals surface area contributed by atoms with Gasteiger partial charge >= 0.3 is 0 Å². The van der Waals surface area contributed by atoms with Crippen molar-refractivity contribution in [2.24, 2.45) is 13.0 Å². The van der Waals surface area contributed by atoms with Crippen LogP contribution in [0.2, 0.25) is 0 Å². The zero-order valence-corrected chi connectivity index (χ0v) is 11.0. The van der Waals surface area contributed by atoms with Gasteiger partial charge in [0.25, 0.3) is 5.91 Å². The van der Waals surface area contributed by atoms with Crippen LogP contribution in [0.3, 0.4) is 0 Å². The van der Waals surface area contributed by atoms with Gasteiger partial charge in [-0.2, -0.15) is 5.10 Å². The lowest BCUT2D eigenvalue weighted by molar-refractivity contribution is 0.0909. The monoisotopic (exact) mass is 251 g/mol. The Morgan fingerprint density at radius 3 is 2.72 bits per heavy atom. The Morgan fingerprint density at radius 2 is 2.17 bits per heavy atom. The molecule has 2 rings (SSSR count). The number of aliphatic hydroxyl groups is 1. The van der Waals surface area contributed by atoms with Gasteiger partial charge in [-0.3, -0.25) is 9.48 Å². The van der Waals surface area contributed by atoms with Crippen LogP contribution in [0.15, 0.2) is 6.20 Å². The third-order valence-corrected chi connectivity index (χ3v) is 3.85. The van der Waals surface area contributed by atoms with Crippen molar-refractivity contribution in [3.8, 4) is 0 Å². The number of amides is 1. The number of rotatable bonds is 3. The van der Waals surface area contributed by atoms with E-state index in [-0.39, 0.29) is 12.0 Å². The smallest absolute Gasteiger partial charge is 0.254 e. The van der Waals surface area contributed by atoms with Gasteiger partial charge in [-0.15, -0.1) is 0 Å². The summed E-state index contributed by atoms with van der Waals surface area (Å²) in [6.07, 6.45) is 5.16. The first-order valence-corrected chi connectivity index (χ1v) is 6.52. The summed E-state index contributed by atoms with van der Waals surface area (Å²) in [6, 6.07) is 0. The summed E-state index contributed by atoms with van der Waals surface area (Å²) in [5, 5.41) is 16.5. The highest BCUT2D eigenvalue weighted by molar-refractivity contribution is 5.94. The van der Waals surface area contributed by atoms with Gasteiger partial charge in [0, 0.05) is 19.3 Å². The van der Waals surface area contributed by atoms with E-state index in [9.17, 15) is 9.90 Å². The van der Waals surface area contributed by atoms with Gasteiger partial charge in [0.05, 0.1) is 17.9 Å². The second-order valence-corrected chi connectivity index (χ2v) is 5.15. The molecule has 1 aromatic heterocycles. The van der Waals surface area contributed by atoms with Crippen molar-refractivity contribution in [1.29, 1.82) is 0 Å². The average Bonchev–Trinajstić information content (AvgIpc) is 2.69. The van der Waals surface area contributed by atoms with Crippen molar-refractivity contribution < 1.29 is 9.90 Å². The summed E-state index contributed by atoms with van der Waals surface area (Å²) < 4.78 is 1.70. The molecule has 1 aromatic rings. The predicted octanol–water partition coefficient (Wildman–Crippen LogP) is 1.01. The van der Waals surface area contributed by atoms with Crippen molar-refractivity contribution in [3.05, 3.63) is 17.5 Å². The topological polar surface area (TPSA) is 67.2 Å². The molecule has 0 radical (unpaired) electrons. The number of nitrogens with zero attached hydrogens (tertiary/aromatic N) is 2. The van der Waals surface area contributed by atoms with E-state index in [0.29, 0.717) is 18.0 Å². The standard InChI is InChI=1S/C13H21N3O2/c1-9-12(8-15-16(9)2)13(18)14-7-10-3-5-11(17)6-4-10/h8,10-11,17H,3-7H2,1-2H3,(H,14,18). The van der Waals surface area contributed by atoms with E-state index >= 15 is 0 Å². The highest BCUT2D eigenvalue weighted by atomic mass is 16.3. The summed E-state index contributed by atoms with van der Waals surface area (Å²) in [5.74, 6) is 0.445. The third-order valence-electron chi connectivity index (χ3n) is 3.85. The molecule has 0 saturated heterocycles. The summed E-state index contributed by atoms with van der Waals surface area (Å²) in [6.45, 7) is 2.58. The predicted molar refractivity (Wildman–Crippen MR) is 68.2 cm³/mol. The molecular weight excluding hydrogens is 230 g/mol. The molecule has 1 amide bonds. The maximum atomic E-state index is 12.0. The van der Waals surface area contributed by atoms with Crippen LogP contribution in [0.5, 0.6) is 0 Å². The molecule has 1 heterocycles. The second-order valence-electron chi connectivity index (χ2n) is 5.15. The fourth-order valence-electron chi connectivity index (χ4n) is 2.40. The molecule has 5 heteroatoms. The van der Waals surface area contributed by atoms with E-state index in [2.05, 4.69) is 10.4 Å². The summed E-state index contributed by atoms with van der Waals surface area (Å²) in [5.41, 5.74) is 1.53. The molecule has 0 bridgehead atoms. The Hall–Kier alpha value is -1.36. The molecule has 1 saturated carbocycles. The minimum atomic E-state index is -0.141. The molecule has 0 spiro atoms. The number of hydrogen-bond donors (Lipinski definition) is 2. The van der Waals surface area contributed by atoms with Gasteiger partial charge in [-0.25, -0.2) is 0 Å². The van der Waals surface area contributed by atoms with Crippen LogP contribution in [0.25, 0.3) is 0 Å². The van der Waals surface area contributed by atoms with Crippen LogP contribution in [0, 0.1) is 12.8 Å². The molecule has 1 aliphatic rings. The second kappa shape index (κ2) is 5.52. The Morgan fingerprint density at radius 1 is 1.50 bits per heavy atom. The Bertz CT molecular complexity index is 420. The fourth-order valence-corrected chi connectivity index (χ4v) is 2.40. The lowest BCUT2D eigenvalue weighted by Crippen LogP contribution is -2.32. The minimum Gasteiger partial charge on any atom is -0.393 e. The number of carbonyl (C=O) groups is 1. The lowest BCUT2D eigenvalue weighted by Gasteiger charge is -2.25. The molecular formula is C13H21N3O2. The molecule has 1 fully saturated rings. The maximum Gasteiger partial charge on any atom is 0.254 e. The quantitative estimate of drug-likeness (QED) is 0.842. The number of aliphatic hydroxyl groups excluding tert-OH is 1. The van der Waals surface area contributed by atoms with E-state index in [4.69, 9.17) is 0 Å². The van der Waals surface area contributed by atoms with Crippen molar-refractivity contribution in [2.45, 2.75) is 38.7 Å². The highest BCUT2D eigenvalue weighted by Gasteiger charge is 2.20. The van der Waals surface area contributed by atoms with Gasteiger partial charge in [0.15, 0.2) is 0 Å². The van der Waals surface area contributed by atoms with Crippen LogP contribution < -0.4 is 5.32 Å². The molecule has 0 aliphatic heterocycles. The molecule has 18 heavy (non-hydrogen) atoms.